The van der Waals surface area contributed by atoms with Gasteiger partial charge in [0.25, 0.3) is 0 Å². The van der Waals surface area contributed by atoms with E-state index >= 15 is 0 Å². The molecular formula is C17H21N4+. The summed E-state index contributed by atoms with van der Waals surface area (Å²) in [7, 11) is 1.96. The predicted molar refractivity (Wildman–Crippen MR) is 88.0 cm³/mol. The summed E-state index contributed by atoms with van der Waals surface area (Å²) in [5.74, 6) is 0.976. The molecule has 0 bridgehead atoms. The zero-order valence-electron chi connectivity index (χ0n) is 12.3. The van der Waals surface area contributed by atoms with E-state index in [0.29, 0.717) is 0 Å². The smallest absolute Gasteiger partial charge is 0.276 e. The number of guanidine groups is 1. The van der Waals surface area contributed by atoms with Gasteiger partial charge >= 0.3 is 5.96 Å². The third-order valence-electron chi connectivity index (χ3n) is 3.67. The highest BCUT2D eigenvalue weighted by atomic mass is 15.4. The average Bonchev–Trinajstić information content (AvgIpc) is 2.81. The summed E-state index contributed by atoms with van der Waals surface area (Å²) in [4.78, 5) is 0. The molecule has 1 aliphatic heterocycles. The minimum atomic E-state index is 0.976. The molecule has 1 fully saturated rings. The van der Waals surface area contributed by atoms with Crippen LogP contribution >= 0.6 is 0 Å². The summed E-state index contributed by atoms with van der Waals surface area (Å²) >= 11 is 0. The Hall–Kier alpha value is -2.36. The molecule has 0 saturated carbocycles. The molecule has 108 valence electrons. The summed E-state index contributed by atoms with van der Waals surface area (Å²) in [5, 5.41) is 13.7. The second-order valence-corrected chi connectivity index (χ2v) is 5.28. The van der Waals surface area contributed by atoms with Crippen molar-refractivity contribution in [3.63, 3.8) is 0 Å². The molecule has 1 heterocycles. The Labute approximate surface area is 125 Å². The van der Waals surface area contributed by atoms with Crippen LogP contribution in [-0.2, 0) is 0 Å². The lowest BCUT2D eigenvalue weighted by Crippen LogP contribution is -2.40. The van der Waals surface area contributed by atoms with Gasteiger partial charge in [-0.1, -0.05) is 36.4 Å². The van der Waals surface area contributed by atoms with Crippen molar-refractivity contribution in [3.05, 3.63) is 48.0 Å². The van der Waals surface area contributed by atoms with Gasteiger partial charge in [-0.05, 0) is 35.2 Å². The van der Waals surface area contributed by atoms with Crippen molar-refractivity contribution in [2.45, 2.75) is 12.8 Å². The molecule has 0 atom stereocenters. The molecule has 3 rings (SSSR count). The first kappa shape index (κ1) is 13.6. The van der Waals surface area contributed by atoms with Crippen molar-refractivity contribution >= 4 is 22.9 Å². The lowest BCUT2D eigenvalue weighted by Gasteiger charge is -2.03. The number of hydrogen-bond acceptors (Lipinski definition) is 1. The molecule has 1 aliphatic rings. The van der Waals surface area contributed by atoms with Gasteiger partial charge in [0.15, 0.2) is 0 Å². The fourth-order valence-corrected chi connectivity index (χ4v) is 2.45. The van der Waals surface area contributed by atoms with Crippen LogP contribution in [0.4, 0.5) is 0 Å². The van der Waals surface area contributed by atoms with Gasteiger partial charge in [0, 0.05) is 0 Å². The van der Waals surface area contributed by atoms with Crippen LogP contribution < -0.4 is 10.6 Å². The first-order valence-electron chi connectivity index (χ1n) is 7.44. The highest BCUT2D eigenvalue weighted by molar-refractivity contribution is 5.90. The molecule has 0 aliphatic carbocycles. The highest BCUT2D eigenvalue weighted by Crippen LogP contribution is 2.14. The molecule has 1 saturated heterocycles. The van der Waals surface area contributed by atoms with E-state index < -0.39 is 0 Å². The summed E-state index contributed by atoms with van der Waals surface area (Å²) in [6.45, 7) is 2.00. The topological polar surface area (TPSA) is 39.4 Å². The zero-order valence-corrected chi connectivity index (χ0v) is 12.3. The van der Waals surface area contributed by atoms with E-state index in [1.54, 1.807) is 0 Å². The van der Waals surface area contributed by atoms with Gasteiger partial charge in [-0.3, -0.25) is 10.6 Å². The standard InChI is InChI=1S/C17H20N4/c1-21(17-18-10-4-5-11-19-17)20-13-14-8-9-15-6-2-3-7-16(15)12-14/h2-3,6-9,12-13H,4-5,10-11H2,1H3,(H,18,19)/p+1/b20-13+. The zero-order chi connectivity index (χ0) is 14.5. The molecule has 0 amide bonds. The van der Waals surface area contributed by atoms with Crippen molar-refractivity contribution in [2.75, 3.05) is 20.1 Å². The number of rotatable bonds is 2. The van der Waals surface area contributed by atoms with Gasteiger partial charge in [-0.25, -0.2) is 0 Å². The van der Waals surface area contributed by atoms with Crippen molar-refractivity contribution in [1.29, 1.82) is 0 Å². The molecular weight excluding hydrogens is 260 g/mol. The largest absolute Gasteiger partial charge is 0.369 e. The van der Waals surface area contributed by atoms with E-state index in [4.69, 9.17) is 0 Å². The molecule has 2 N–H and O–H groups in total. The monoisotopic (exact) mass is 281 g/mol. The second kappa shape index (κ2) is 6.39. The molecule has 0 aromatic heterocycles. The predicted octanol–water partition coefficient (Wildman–Crippen LogP) is 2.14. The van der Waals surface area contributed by atoms with Crippen LogP contribution in [0.25, 0.3) is 10.8 Å². The summed E-state index contributed by atoms with van der Waals surface area (Å²) in [6, 6.07) is 14.8. The van der Waals surface area contributed by atoms with Crippen LogP contribution in [0.2, 0.25) is 0 Å². The van der Waals surface area contributed by atoms with Crippen LogP contribution in [0, 0.1) is 0 Å². The van der Waals surface area contributed by atoms with Crippen LogP contribution in [-0.4, -0.2) is 37.0 Å². The van der Waals surface area contributed by atoms with Crippen LogP contribution in [0.15, 0.2) is 47.6 Å². The Morgan fingerprint density at radius 1 is 1.00 bits per heavy atom. The number of benzene rings is 2. The second-order valence-electron chi connectivity index (χ2n) is 5.28. The Bertz CT molecular complexity index is 678. The van der Waals surface area contributed by atoms with E-state index in [1.807, 2.05) is 17.9 Å². The Morgan fingerprint density at radius 2 is 1.71 bits per heavy atom. The summed E-state index contributed by atoms with van der Waals surface area (Å²) in [6.07, 6.45) is 4.28. The Balaban J connectivity index is 1.81. The number of hydrogen-bond donors (Lipinski definition) is 2. The molecule has 2 aromatic carbocycles. The van der Waals surface area contributed by atoms with E-state index in [-0.39, 0.29) is 0 Å². The SMILES string of the molecule is C[N+](/N=C/c1ccc2ccccc2c1)=C1NCCCCN1. The molecule has 21 heavy (non-hydrogen) atoms. The Kier molecular flexibility index (Phi) is 4.15. The van der Waals surface area contributed by atoms with Crippen LogP contribution in [0.1, 0.15) is 18.4 Å². The lowest BCUT2D eigenvalue weighted by atomic mass is 10.1. The van der Waals surface area contributed by atoms with E-state index in [2.05, 4.69) is 58.2 Å². The fourth-order valence-electron chi connectivity index (χ4n) is 2.45. The lowest BCUT2D eigenvalue weighted by molar-refractivity contribution is -0.506. The highest BCUT2D eigenvalue weighted by Gasteiger charge is 2.11. The Morgan fingerprint density at radius 3 is 2.48 bits per heavy atom. The molecule has 0 unspecified atom stereocenters. The molecule has 2 aromatic rings. The summed E-state index contributed by atoms with van der Waals surface area (Å²) in [5.41, 5.74) is 1.11. The van der Waals surface area contributed by atoms with Gasteiger partial charge in [0.05, 0.1) is 26.4 Å². The third-order valence-corrected chi connectivity index (χ3v) is 3.67. The summed E-state index contributed by atoms with van der Waals surface area (Å²) < 4.78 is 1.86. The maximum absolute atomic E-state index is 4.51. The first-order valence-corrected chi connectivity index (χ1v) is 7.44. The fraction of sp³-hybridized carbons (Fsp3) is 0.294. The minimum Gasteiger partial charge on any atom is -0.276 e. The number of nitrogens with zero attached hydrogens (tertiary/aromatic N) is 2. The molecule has 4 nitrogen and oxygen atoms in total. The maximum Gasteiger partial charge on any atom is 0.369 e. The number of fused-ring (bicyclic) bond motifs is 1. The number of nitrogens with one attached hydrogen (secondary N) is 2. The molecule has 0 radical (unpaired) electrons. The van der Waals surface area contributed by atoms with Gasteiger partial charge in [0.2, 0.25) is 0 Å². The van der Waals surface area contributed by atoms with Crippen molar-refractivity contribution in [1.82, 2.24) is 10.6 Å². The van der Waals surface area contributed by atoms with Crippen LogP contribution in [0.3, 0.4) is 0 Å². The van der Waals surface area contributed by atoms with E-state index in [0.717, 1.165) is 24.6 Å². The maximum atomic E-state index is 4.51. The normalized spacial score (nSPS) is 15.6. The van der Waals surface area contributed by atoms with Gasteiger partial charge in [0.1, 0.15) is 0 Å². The third kappa shape index (κ3) is 3.40. The van der Waals surface area contributed by atoms with Gasteiger partial charge < -0.3 is 0 Å². The van der Waals surface area contributed by atoms with E-state index in [1.165, 1.54) is 23.6 Å². The van der Waals surface area contributed by atoms with E-state index in [9.17, 15) is 0 Å². The minimum absolute atomic E-state index is 0.976. The molecule has 0 spiro atoms. The van der Waals surface area contributed by atoms with Crippen molar-refractivity contribution in [2.24, 2.45) is 5.10 Å². The van der Waals surface area contributed by atoms with Gasteiger partial charge in [-0.2, -0.15) is 0 Å². The van der Waals surface area contributed by atoms with Crippen molar-refractivity contribution < 1.29 is 4.68 Å². The first-order chi connectivity index (χ1) is 10.3. The quantitative estimate of drug-likeness (QED) is 0.503. The number of hydrazone groups is 1. The average molecular weight is 281 g/mol. The molecule has 4 heteroatoms. The van der Waals surface area contributed by atoms with Crippen LogP contribution in [0.5, 0.6) is 0 Å². The van der Waals surface area contributed by atoms with Crippen molar-refractivity contribution in [3.8, 4) is 0 Å². The van der Waals surface area contributed by atoms with Gasteiger partial charge in [-0.15, -0.1) is 9.79 Å².